The summed E-state index contributed by atoms with van der Waals surface area (Å²) in [6.07, 6.45) is 1.93. The smallest absolute Gasteiger partial charge is 0.251 e. The SMILES string of the molecule is O=C(NCC(=O)N1CCCC1c1cccs1)c1ccc(F)cc1. The van der Waals surface area contributed by atoms with Gasteiger partial charge in [-0.1, -0.05) is 6.07 Å². The quantitative estimate of drug-likeness (QED) is 0.936. The number of amides is 2. The highest BCUT2D eigenvalue weighted by atomic mass is 32.1. The first-order valence-electron chi connectivity index (χ1n) is 7.52. The number of hydrogen-bond donors (Lipinski definition) is 1. The molecule has 0 radical (unpaired) electrons. The number of carbonyl (C=O) groups is 2. The first-order chi connectivity index (χ1) is 11.1. The maximum atomic E-state index is 12.9. The van der Waals surface area contributed by atoms with Gasteiger partial charge in [-0.15, -0.1) is 11.3 Å². The Hall–Kier alpha value is -2.21. The molecule has 23 heavy (non-hydrogen) atoms. The van der Waals surface area contributed by atoms with Crippen LogP contribution in [0.3, 0.4) is 0 Å². The van der Waals surface area contributed by atoms with E-state index >= 15 is 0 Å². The van der Waals surface area contributed by atoms with Gasteiger partial charge in [-0.3, -0.25) is 9.59 Å². The molecule has 1 unspecified atom stereocenters. The van der Waals surface area contributed by atoms with Crippen LogP contribution in [0.1, 0.15) is 34.1 Å². The second-order valence-electron chi connectivity index (χ2n) is 5.45. The van der Waals surface area contributed by atoms with Crippen LogP contribution < -0.4 is 5.32 Å². The van der Waals surface area contributed by atoms with Crippen molar-refractivity contribution in [1.82, 2.24) is 10.2 Å². The summed E-state index contributed by atoms with van der Waals surface area (Å²) in [7, 11) is 0. The van der Waals surface area contributed by atoms with E-state index in [1.54, 1.807) is 11.3 Å². The van der Waals surface area contributed by atoms with Crippen LogP contribution in [-0.4, -0.2) is 29.8 Å². The molecule has 6 heteroatoms. The fourth-order valence-corrected chi connectivity index (χ4v) is 3.68. The lowest BCUT2D eigenvalue weighted by atomic mass is 10.2. The van der Waals surface area contributed by atoms with Crippen LogP contribution in [0.4, 0.5) is 4.39 Å². The number of thiophene rings is 1. The Morgan fingerprint density at radius 3 is 2.74 bits per heavy atom. The van der Waals surface area contributed by atoms with Gasteiger partial charge in [0.1, 0.15) is 5.82 Å². The van der Waals surface area contributed by atoms with Crippen molar-refractivity contribution in [3.8, 4) is 0 Å². The molecule has 0 saturated carbocycles. The van der Waals surface area contributed by atoms with Crippen molar-refractivity contribution >= 4 is 23.2 Å². The molecular weight excluding hydrogens is 315 g/mol. The van der Waals surface area contributed by atoms with E-state index in [1.807, 2.05) is 22.4 Å². The molecule has 3 rings (SSSR count). The maximum Gasteiger partial charge on any atom is 0.251 e. The van der Waals surface area contributed by atoms with Crippen molar-refractivity contribution in [3.63, 3.8) is 0 Å². The van der Waals surface area contributed by atoms with Crippen molar-refractivity contribution in [3.05, 3.63) is 58.0 Å². The predicted molar refractivity (Wildman–Crippen MR) is 86.7 cm³/mol. The van der Waals surface area contributed by atoms with Gasteiger partial charge in [0.2, 0.25) is 5.91 Å². The van der Waals surface area contributed by atoms with Crippen LogP contribution in [0, 0.1) is 5.82 Å². The molecule has 1 aromatic carbocycles. The van der Waals surface area contributed by atoms with E-state index in [2.05, 4.69) is 5.32 Å². The predicted octanol–water partition coefficient (Wildman–Crippen LogP) is 2.98. The third-order valence-electron chi connectivity index (χ3n) is 3.95. The molecule has 1 atom stereocenters. The largest absolute Gasteiger partial charge is 0.343 e. The van der Waals surface area contributed by atoms with E-state index in [0.717, 1.165) is 12.8 Å². The van der Waals surface area contributed by atoms with Crippen LogP contribution in [0.2, 0.25) is 0 Å². The Morgan fingerprint density at radius 2 is 2.04 bits per heavy atom. The molecule has 0 bridgehead atoms. The number of nitrogens with one attached hydrogen (secondary N) is 1. The standard InChI is InChI=1S/C17H17FN2O2S/c18-13-7-5-12(6-8-13)17(22)19-11-16(21)20-9-1-3-14(20)15-4-2-10-23-15/h2,4-8,10,14H,1,3,9,11H2,(H,19,22). The molecule has 1 aliphatic heterocycles. The summed E-state index contributed by atoms with van der Waals surface area (Å²) >= 11 is 1.65. The minimum Gasteiger partial charge on any atom is -0.343 e. The zero-order valence-electron chi connectivity index (χ0n) is 12.5. The van der Waals surface area contributed by atoms with Gasteiger partial charge in [0.05, 0.1) is 12.6 Å². The number of benzene rings is 1. The number of carbonyl (C=O) groups excluding carboxylic acids is 2. The molecule has 2 heterocycles. The fraction of sp³-hybridized carbons (Fsp3) is 0.294. The molecule has 1 saturated heterocycles. The van der Waals surface area contributed by atoms with E-state index < -0.39 is 5.82 Å². The second-order valence-corrected chi connectivity index (χ2v) is 6.43. The third kappa shape index (κ3) is 3.59. The van der Waals surface area contributed by atoms with Crippen molar-refractivity contribution in [1.29, 1.82) is 0 Å². The Morgan fingerprint density at radius 1 is 1.26 bits per heavy atom. The number of hydrogen-bond acceptors (Lipinski definition) is 3. The van der Waals surface area contributed by atoms with Crippen LogP contribution in [0.25, 0.3) is 0 Å². The van der Waals surface area contributed by atoms with Gasteiger partial charge in [-0.25, -0.2) is 4.39 Å². The third-order valence-corrected chi connectivity index (χ3v) is 4.92. The Bertz CT molecular complexity index is 685. The molecule has 1 fully saturated rings. The molecule has 0 aliphatic carbocycles. The van der Waals surface area contributed by atoms with Gasteiger partial charge < -0.3 is 10.2 Å². The van der Waals surface area contributed by atoms with Gasteiger partial charge in [0.25, 0.3) is 5.91 Å². The zero-order valence-corrected chi connectivity index (χ0v) is 13.3. The minimum atomic E-state index is -0.395. The lowest BCUT2D eigenvalue weighted by Gasteiger charge is -2.24. The van der Waals surface area contributed by atoms with Gasteiger partial charge in [0, 0.05) is 17.0 Å². The number of likely N-dealkylation sites (tertiary alicyclic amines) is 1. The zero-order chi connectivity index (χ0) is 16.2. The van der Waals surface area contributed by atoms with Crippen molar-refractivity contribution in [2.24, 2.45) is 0 Å². The first-order valence-corrected chi connectivity index (χ1v) is 8.40. The van der Waals surface area contributed by atoms with E-state index in [-0.39, 0.29) is 24.4 Å². The summed E-state index contributed by atoms with van der Waals surface area (Å²) in [6, 6.07) is 9.40. The molecule has 1 aliphatic rings. The topological polar surface area (TPSA) is 49.4 Å². The van der Waals surface area contributed by atoms with Crippen LogP contribution in [0.5, 0.6) is 0 Å². The highest BCUT2D eigenvalue weighted by Gasteiger charge is 2.30. The summed E-state index contributed by atoms with van der Waals surface area (Å²) in [5, 5.41) is 4.62. The molecule has 1 aromatic heterocycles. The average Bonchev–Trinajstić information content (AvgIpc) is 3.23. The lowest BCUT2D eigenvalue weighted by molar-refractivity contribution is -0.131. The Balaban J connectivity index is 1.58. The summed E-state index contributed by atoms with van der Waals surface area (Å²) < 4.78 is 12.9. The van der Waals surface area contributed by atoms with E-state index in [1.165, 1.54) is 29.1 Å². The highest BCUT2D eigenvalue weighted by Crippen LogP contribution is 2.34. The molecule has 0 spiro atoms. The van der Waals surface area contributed by atoms with E-state index in [9.17, 15) is 14.0 Å². The minimum absolute atomic E-state index is 0.0436. The summed E-state index contributed by atoms with van der Waals surface area (Å²) in [5.41, 5.74) is 0.343. The van der Waals surface area contributed by atoms with Crippen LogP contribution in [-0.2, 0) is 4.79 Å². The molecule has 120 valence electrons. The summed E-state index contributed by atoms with van der Waals surface area (Å²) in [4.78, 5) is 27.4. The fourth-order valence-electron chi connectivity index (χ4n) is 2.80. The van der Waals surface area contributed by atoms with Gasteiger partial charge >= 0.3 is 0 Å². The summed E-state index contributed by atoms with van der Waals surface area (Å²) in [5.74, 6) is -0.852. The maximum absolute atomic E-state index is 12.9. The van der Waals surface area contributed by atoms with Gasteiger partial charge in [-0.05, 0) is 48.6 Å². The molecule has 4 nitrogen and oxygen atoms in total. The van der Waals surface area contributed by atoms with E-state index in [0.29, 0.717) is 12.1 Å². The molecule has 1 N–H and O–H groups in total. The Labute approximate surface area is 137 Å². The van der Waals surface area contributed by atoms with Crippen LogP contribution >= 0.6 is 11.3 Å². The normalized spacial score (nSPS) is 17.3. The Kier molecular flexibility index (Phi) is 4.71. The lowest BCUT2D eigenvalue weighted by Crippen LogP contribution is -2.39. The van der Waals surface area contributed by atoms with E-state index in [4.69, 9.17) is 0 Å². The molecule has 2 amide bonds. The number of rotatable bonds is 4. The highest BCUT2D eigenvalue weighted by molar-refractivity contribution is 7.10. The monoisotopic (exact) mass is 332 g/mol. The van der Waals surface area contributed by atoms with Crippen LogP contribution in [0.15, 0.2) is 41.8 Å². The van der Waals surface area contributed by atoms with Crippen molar-refractivity contribution < 1.29 is 14.0 Å². The van der Waals surface area contributed by atoms with Gasteiger partial charge in [0.15, 0.2) is 0 Å². The molecular formula is C17H17FN2O2S. The second kappa shape index (κ2) is 6.91. The van der Waals surface area contributed by atoms with Gasteiger partial charge in [-0.2, -0.15) is 0 Å². The molecule has 2 aromatic rings. The first kappa shape index (κ1) is 15.7. The summed E-state index contributed by atoms with van der Waals surface area (Å²) in [6.45, 7) is 0.673. The number of nitrogens with zero attached hydrogens (tertiary/aromatic N) is 1. The average molecular weight is 332 g/mol. The van der Waals surface area contributed by atoms with Crippen molar-refractivity contribution in [2.75, 3.05) is 13.1 Å². The number of halogens is 1. The van der Waals surface area contributed by atoms with Crippen molar-refractivity contribution in [2.45, 2.75) is 18.9 Å².